The molecule has 0 saturated carbocycles. The van der Waals surface area contributed by atoms with E-state index < -0.39 is 0 Å². The second-order valence-corrected chi connectivity index (χ2v) is 6.68. The van der Waals surface area contributed by atoms with Crippen LogP contribution in [0.1, 0.15) is 37.3 Å². The van der Waals surface area contributed by atoms with Gasteiger partial charge < -0.3 is 9.80 Å². The fourth-order valence-corrected chi connectivity index (χ4v) is 3.68. The number of carbonyl (C=O) groups excluding carboxylic acids is 1. The van der Waals surface area contributed by atoms with Crippen molar-refractivity contribution in [1.82, 2.24) is 24.6 Å². The molecule has 0 radical (unpaired) electrons. The van der Waals surface area contributed by atoms with E-state index in [1.807, 2.05) is 23.4 Å². The van der Waals surface area contributed by atoms with Crippen LogP contribution in [0.2, 0.25) is 0 Å². The van der Waals surface area contributed by atoms with E-state index in [2.05, 4.69) is 15.0 Å². The zero-order valence-corrected chi connectivity index (χ0v) is 13.8. The van der Waals surface area contributed by atoms with Crippen LogP contribution in [0.4, 0.5) is 0 Å². The van der Waals surface area contributed by atoms with Gasteiger partial charge in [0.15, 0.2) is 0 Å². The first-order valence-corrected chi connectivity index (χ1v) is 8.50. The highest BCUT2D eigenvalue weighted by molar-refractivity contribution is 5.78. The zero-order chi connectivity index (χ0) is 15.5. The summed E-state index contributed by atoms with van der Waals surface area (Å²) in [6, 6.07) is 0. The maximum Gasteiger partial charge on any atom is 0.222 e. The molecule has 3 rings (SSSR count). The van der Waals surface area contributed by atoms with Crippen molar-refractivity contribution < 1.29 is 4.79 Å². The standard InChI is InChI=1S/C16H27N5O/c1-13-17-14(2)21(18-13)12-15-5-3-7-19(11-15)9-10-20-8-4-6-16(20)22/h15H,3-12H2,1-2H3. The van der Waals surface area contributed by atoms with Crippen LogP contribution in [0, 0.1) is 19.8 Å². The van der Waals surface area contributed by atoms with Crippen LogP contribution in [0.25, 0.3) is 0 Å². The number of hydrogen-bond acceptors (Lipinski definition) is 4. The van der Waals surface area contributed by atoms with Crippen molar-refractivity contribution in [2.45, 2.75) is 46.1 Å². The van der Waals surface area contributed by atoms with Crippen LogP contribution in [0.5, 0.6) is 0 Å². The smallest absolute Gasteiger partial charge is 0.222 e. The van der Waals surface area contributed by atoms with Crippen molar-refractivity contribution >= 4 is 5.91 Å². The summed E-state index contributed by atoms with van der Waals surface area (Å²) < 4.78 is 2.05. The molecule has 2 fully saturated rings. The fourth-order valence-electron chi connectivity index (χ4n) is 3.68. The summed E-state index contributed by atoms with van der Waals surface area (Å²) in [5.74, 6) is 2.85. The number of aryl methyl sites for hydroxylation is 2. The molecule has 2 aliphatic rings. The number of carbonyl (C=O) groups is 1. The molecule has 0 spiro atoms. The molecule has 0 aliphatic carbocycles. The predicted molar refractivity (Wildman–Crippen MR) is 84.5 cm³/mol. The molecule has 1 aromatic heterocycles. The SMILES string of the molecule is Cc1nc(C)n(CC2CCCN(CCN3CCCC3=O)C2)n1. The van der Waals surface area contributed by atoms with Gasteiger partial charge in [-0.1, -0.05) is 0 Å². The van der Waals surface area contributed by atoms with Gasteiger partial charge in [-0.2, -0.15) is 5.10 Å². The van der Waals surface area contributed by atoms with Gasteiger partial charge in [0.05, 0.1) is 0 Å². The van der Waals surface area contributed by atoms with E-state index in [1.165, 1.54) is 12.8 Å². The molecule has 0 bridgehead atoms. The molecular formula is C16H27N5O. The van der Waals surface area contributed by atoms with E-state index in [9.17, 15) is 4.79 Å². The molecular weight excluding hydrogens is 278 g/mol. The Hall–Kier alpha value is -1.43. The van der Waals surface area contributed by atoms with Gasteiger partial charge in [0.2, 0.25) is 5.91 Å². The monoisotopic (exact) mass is 305 g/mol. The van der Waals surface area contributed by atoms with Gasteiger partial charge in [-0.3, -0.25) is 4.79 Å². The van der Waals surface area contributed by atoms with E-state index in [4.69, 9.17) is 0 Å². The van der Waals surface area contributed by atoms with Crippen molar-refractivity contribution in [2.24, 2.45) is 5.92 Å². The lowest BCUT2D eigenvalue weighted by atomic mass is 9.98. The maximum absolute atomic E-state index is 11.7. The van der Waals surface area contributed by atoms with Gasteiger partial charge in [0, 0.05) is 39.1 Å². The van der Waals surface area contributed by atoms with Crippen molar-refractivity contribution in [3.63, 3.8) is 0 Å². The Kier molecular flexibility index (Phi) is 4.76. The molecule has 1 unspecified atom stereocenters. The number of likely N-dealkylation sites (tertiary alicyclic amines) is 2. The molecule has 1 atom stereocenters. The lowest BCUT2D eigenvalue weighted by Crippen LogP contribution is -2.42. The number of hydrogen-bond donors (Lipinski definition) is 0. The third-order valence-electron chi connectivity index (χ3n) is 4.85. The first-order chi connectivity index (χ1) is 10.6. The van der Waals surface area contributed by atoms with Crippen molar-refractivity contribution in [1.29, 1.82) is 0 Å². The minimum absolute atomic E-state index is 0.335. The van der Waals surface area contributed by atoms with Gasteiger partial charge >= 0.3 is 0 Å². The van der Waals surface area contributed by atoms with E-state index in [-0.39, 0.29) is 0 Å². The van der Waals surface area contributed by atoms with Gasteiger partial charge in [-0.25, -0.2) is 9.67 Å². The van der Waals surface area contributed by atoms with E-state index >= 15 is 0 Å². The second-order valence-electron chi connectivity index (χ2n) is 6.68. The maximum atomic E-state index is 11.7. The number of aromatic nitrogens is 3. The van der Waals surface area contributed by atoms with E-state index in [1.54, 1.807) is 0 Å². The van der Waals surface area contributed by atoms with Crippen LogP contribution in [0.3, 0.4) is 0 Å². The molecule has 1 amide bonds. The summed E-state index contributed by atoms with van der Waals surface area (Å²) >= 11 is 0. The molecule has 1 aromatic rings. The van der Waals surface area contributed by atoms with E-state index in [0.29, 0.717) is 11.8 Å². The molecule has 6 nitrogen and oxygen atoms in total. The van der Waals surface area contributed by atoms with Crippen molar-refractivity contribution in [3.05, 3.63) is 11.6 Å². The lowest BCUT2D eigenvalue weighted by molar-refractivity contribution is -0.127. The largest absolute Gasteiger partial charge is 0.341 e. The van der Waals surface area contributed by atoms with Crippen molar-refractivity contribution in [3.8, 4) is 0 Å². The number of nitrogens with zero attached hydrogens (tertiary/aromatic N) is 5. The highest BCUT2D eigenvalue weighted by Crippen LogP contribution is 2.19. The highest BCUT2D eigenvalue weighted by atomic mass is 16.2. The normalized spacial score (nSPS) is 23.5. The third kappa shape index (κ3) is 3.66. The van der Waals surface area contributed by atoms with Gasteiger partial charge in [-0.15, -0.1) is 0 Å². The van der Waals surface area contributed by atoms with Gasteiger partial charge in [0.1, 0.15) is 11.6 Å². The Balaban J connectivity index is 1.48. The molecule has 0 aromatic carbocycles. The topological polar surface area (TPSA) is 54.3 Å². The Morgan fingerprint density at radius 3 is 2.73 bits per heavy atom. The van der Waals surface area contributed by atoms with Crippen LogP contribution < -0.4 is 0 Å². The quantitative estimate of drug-likeness (QED) is 0.821. The summed E-state index contributed by atoms with van der Waals surface area (Å²) in [6.45, 7) is 10.1. The molecule has 22 heavy (non-hydrogen) atoms. The molecule has 122 valence electrons. The van der Waals surface area contributed by atoms with Crippen LogP contribution >= 0.6 is 0 Å². The molecule has 0 N–H and O–H groups in total. The number of rotatable bonds is 5. The lowest BCUT2D eigenvalue weighted by Gasteiger charge is -2.33. The first-order valence-electron chi connectivity index (χ1n) is 8.50. The van der Waals surface area contributed by atoms with Crippen LogP contribution in [-0.4, -0.2) is 63.2 Å². The van der Waals surface area contributed by atoms with Gasteiger partial charge in [0.25, 0.3) is 0 Å². The fraction of sp³-hybridized carbons (Fsp3) is 0.812. The summed E-state index contributed by atoms with van der Waals surface area (Å²) in [4.78, 5) is 20.6. The Morgan fingerprint density at radius 2 is 2.05 bits per heavy atom. The highest BCUT2D eigenvalue weighted by Gasteiger charge is 2.24. The summed E-state index contributed by atoms with van der Waals surface area (Å²) in [5, 5.41) is 4.48. The first kappa shape index (κ1) is 15.5. The van der Waals surface area contributed by atoms with Crippen LogP contribution in [-0.2, 0) is 11.3 Å². The summed E-state index contributed by atoms with van der Waals surface area (Å²) in [7, 11) is 0. The Morgan fingerprint density at radius 1 is 1.18 bits per heavy atom. The zero-order valence-electron chi connectivity index (χ0n) is 13.8. The molecule has 6 heteroatoms. The average molecular weight is 305 g/mol. The summed E-state index contributed by atoms with van der Waals surface area (Å²) in [5.41, 5.74) is 0. The van der Waals surface area contributed by atoms with Crippen molar-refractivity contribution in [2.75, 3.05) is 32.7 Å². The second kappa shape index (κ2) is 6.77. The van der Waals surface area contributed by atoms with Crippen LogP contribution in [0.15, 0.2) is 0 Å². The molecule has 2 aliphatic heterocycles. The minimum Gasteiger partial charge on any atom is -0.341 e. The van der Waals surface area contributed by atoms with Gasteiger partial charge in [-0.05, 0) is 45.6 Å². The average Bonchev–Trinajstić information content (AvgIpc) is 3.03. The molecule has 2 saturated heterocycles. The third-order valence-corrected chi connectivity index (χ3v) is 4.85. The minimum atomic E-state index is 0.335. The number of amides is 1. The summed E-state index contributed by atoms with van der Waals surface area (Å²) in [6.07, 6.45) is 4.28. The Bertz CT molecular complexity index is 527. The number of piperidine rings is 1. The molecule has 3 heterocycles. The Labute approximate surface area is 132 Å². The van der Waals surface area contributed by atoms with E-state index in [0.717, 1.165) is 63.8 Å². The predicted octanol–water partition coefficient (Wildman–Crippen LogP) is 1.23.